The molecule has 2 nitrogen and oxygen atoms in total. The number of halogens is 1. The van der Waals surface area contributed by atoms with Crippen LogP contribution in [0, 0.1) is 5.92 Å². The summed E-state index contributed by atoms with van der Waals surface area (Å²) in [6.45, 7) is 0. The third-order valence-electron chi connectivity index (χ3n) is 3.93. The molecule has 3 heteroatoms. The zero-order valence-corrected chi connectivity index (χ0v) is 9.98. The summed E-state index contributed by atoms with van der Waals surface area (Å²) in [7, 11) is 0. The van der Waals surface area contributed by atoms with E-state index in [-0.39, 0.29) is 17.4 Å². The fourth-order valence-electron chi connectivity index (χ4n) is 2.90. The van der Waals surface area contributed by atoms with E-state index in [9.17, 15) is 4.79 Å². The highest BCUT2D eigenvalue weighted by molar-refractivity contribution is 6.18. The fourth-order valence-corrected chi connectivity index (χ4v) is 3.23. The number of rotatable bonds is 3. The molecule has 0 heterocycles. The predicted molar refractivity (Wildman–Crippen MR) is 62.0 cm³/mol. The van der Waals surface area contributed by atoms with Gasteiger partial charge in [0.05, 0.1) is 5.54 Å². The van der Waals surface area contributed by atoms with Crippen LogP contribution >= 0.6 is 11.6 Å². The first-order valence-corrected chi connectivity index (χ1v) is 6.67. The van der Waals surface area contributed by atoms with Crippen molar-refractivity contribution in [2.75, 3.05) is 5.88 Å². The Bertz CT molecular complexity index is 230. The van der Waals surface area contributed by atoms with Crippen LogP contribution < -0.4 is 5.32 Å². The molecule has 0 aromatic rings. The molecule has 0 aliphatic heterocycles. The Hall–Kier alpha value is -0.240. The molecule has 2 rings (SSSR count). The average molecular weight is 230 g/mol. The lowest BCUT2D eigenvalue weighted by Crippen LogP contribution is -2.49. The number of carbonyl (C=O) groups is 1. The summed E-state index contributed by atoms with van der Waals surface area (Å²) in [5.41, 5.74) is -0.0682. The van der Waals surface area contributed by atoms with Crippen molar-refractivity contribution < 1.29 is 4.79 Å². The molecular formula is C12H20ClNO. The molecule has 1 amide bonds. The standard InChI is InChI=1S/C12H20ClNO/c13-9-12(7-3-4-8-12)14-11(15)10-5-1-2-6-10/h10H,1-9H2,(H,14,15). The van der Waals surface area contributed by atoms with Crippen LogP contribution in [0.2, 0.25) is 0 Å². The zero-order chi connectivity index (χ0) is 10.7. The van der Waals surface area contributed by atoms with E-state index in [0.717, 1.165) is 25.7 Å². The van der Waals surface area contributed by atoms with Crippen molar-refractivity contribution in [2.45, 2.75) is 56.9 Å². The van der Waals surface area contributed by atoms with Gasteiger partial charge in [-0.05, 0) is 25.7 Å². The molecule has 86 valence electrons. The summed E-state index contributed by atoms with van der Waals surface area (Å²) >= 11 is 6.00. The molecular weight excluding hydrogens is 210 g/mol. The van der Waals surface area contributed by atoms with E-state index in [1.807, 2.05) is 0 Å². The van der Waals surface area contributed by atoms with Crippen LogP contribution in [0.3, 0.4) is 0 Å². The highest BCUT2D eigenvalue weighted by atomic mass is 35.5. The second-order valence-electron chi connectivity index (χ2n) is 5.09. The Morgan fingerprint density at radius 2 is 1.80 bits per heavy atom. The molecule has 0 bridgehead atoms. The summed E-state index contributed by atoms with van der Waals surface area (Å²) < 4.78 is 0. The smallest absolute Gasteiger partial charge is 0.223 e. The van der Waals surface area contributed by atoms with Crippen molar-refractivity contribution in [3.8, 4) is 0 Å². The average Bonchev–Trinajstić information content (AvgIpc) is 2.88. The first kappa shape index (κ1) is 11.3. The van der Waals surface area contributed by atoms with E-state index in [4.69, 9.17) is 11.6 Å². The van der Waals surface area contributed by atoms with Crippen LogP contribution in [0.4, 0.5) is 0 Å². The molecule has 2 saturated carbocycles. The normalized spacial score (nSPS) is 25.7. The minimum atomic E-state index is -0.0682. The molecule has 0 saturated heterocycles. The Balaban J connectivity index is 1.91. The maximum Gasteiger partial charge on any atom is 0.223 e. The fraction of sp³-hybridized carbons (Fsp3) is 0.917. The van der Waals surface area contributed by atoms with Gasteiger partial charge in [0.2, 0.25) is 5.91 Å². The van der Waals surface area contributed by atoms with Crippen LogP contribution in [-0.4, -0.2) is 17.3 Å². The monoisotopic (exact) mass is 229 g/mol. The van der Waals surface area contributed by atoms with Crippen LogP contribution in [0.25, 0.3) is 0 Å². The van der Waals surface area contributed by atoms with Gasteiger partial charge in [0.15, 0.2) is 0 Å². The molecule has 0 radical (unpaired) electrons. The second kappa shape index (κ2) is 4.73. The van der Waals surface area contributed by atoms with E-state index in [0.29, 0.717) is 5.88 Å². The van der Waals surface area contributed by atoms with Crippen LogP contribution in [0.1, 0.15) is 51.4 Å². The SMILES string of the molecule is O=C(NC1(CCl)CCCC1)C1CCCC1. The summed E-state index contributed by atoms with van der Waals surface area (Å²) in [5.74, 6) is 1.10. The van der Waals surface area contributed by atoms with Crippen LogP contribution in [0.5, 0.6) is 0 Å². The van der Waals surface area contributed by atoms with E-state index in [2.05, 4.69) is 5.32 Å². The summed E-state index contributed by atoms with van der Waals surface area (Å²) in [6.07, 6.45) is 9.12. The molecule has 0 spiro atoms. The number of nitrogens with one attached hydrogen (secondary N) is 1. The van der Waals surface area contributed by atoms with E-state index >= 15 is 0 Å². The van der Waals surface area contributed by atoms with E-state index < -0.39 is 0 Å². The van der Waals surface area contributed by atoms with Gasteiger partial charge in [0, 0.05) is 11.8 Å². The Labute approximate surface area is 96.8 Å². The lowest BCUT2D eigenvalue weighted by molar-refractivity contribution is -0.126. The Morgan fingerprint density at radius 3 is 2.33 bits per heavy atom. The molecule has 1 N–H and O–H groups in total. The van der Waals surface area contributed by atoms with Crippen LogP contribution in [0.15, 0.2) is 0 Å². The van der Waals surface area contributed by atoms with Crippen LogP contribution in [-0.2, 0) is 4.79 Å². The number of hydrogen-bond donors (Lipinski definition) is 1. The van der Waals surface area contributed by atoms with Crippen molar-refractivity contribution in [2.24, 2.45) is 5.92 Å². The summed E-state index contributed by atoms with van der Waals surface area (Å²) in [6, 6.07) is 0. The van der Waals surface area contributed by atoms with Gasteiger partial charge in [0.25, 0.3) is 0 Å². The number of carbonyl (C=O) groups excluding carboxylic acids is 1. The largest absolute Gasteiger partial charge is 0.349 e. The third-order valence-corrected chi connectivity index (χ3v) is 4.44. The van der Waals surface area contributed by atoms with Gasteiger partial charge in [-0.2, -0.15) is 0 Å². The molecule has 15 heavy (non-hydrogen) atoms. The minimum Gasteiger partial charge on any atom is -0.349 e. The van der Waals surface area contributed by atoms with Crippen molar-refractivity contribution in [1.29, 1.82) is 0 Å². The topological polar surface area (TPSA) is 29.1 Å². The number of hydrogen-bond acceptors (Lipinski definition) is 1. The van der Waals surface area contributed by atoms with Gasteiger partial charge in [-0.3, -0.25) is 4.79 Å². The lowest BCUT2D eigenvalue weighted by atomic mass is 9.98. The van der Waals surface area contributed by atoms with Crippen molar-refractivity contribution in [1.82, 2.24) is 5.32 Å². The third kappa shape index (κ3) is 2.47. The molecule has 0 atom stereocenters. The maximum absolute atomic E-state index is 12.0. The van der Waals surface area contributed by atoms with Gasteiger partial charge < -0.3 is 5.32 Å². The second-order valence-corrected chi connectivity index (χ2v) is 5.36. The molecule has 0 aromatic carbocycles. The highest BCUT2D eigenvalue weighted by Crippen LogP contribution is 2.32. The van der Waals surface area contributed by atoms with Crippen molar-refractivity contribution in [3.05, 3.63) is 0 Å². The van der Waals surface area contributed by atoms with Gasteiger partial charge in [-0.15, -0.1) is 11.6 Å². The Kier molecular flexibility index (Phi) is 3.55. The summed E-state index contributed by atoms with van der Waals surface area (Å²) in [5, 5.41) is 3.21. The molecule has 0 unspecified atom stereocenters. The van der Waals surface area contributed by atoms with E-state index in [1.54, 1.807) is 0 Å². The zero-order valence-electron chi connectivity index (χ0n) is 9.23. The Morgan fingerprint density at radius 1 is 1.20 bits per heavy atom. The van der Waals surface area contributed by atoms with Gasteiger partial charge in [-0.1, -0.05) is 25.7 Å². The molecule has 2 fully saturated rings. The van der Waals surface area contributed by atoms with Crippen molar-refractivity contribution >= 4 is 17.5 Å². The maximum atomic E-state index is 12.0. The molecule has 2 aliphatic carbocycles. The quantitative estimate of drug-likeness (QED) is 0.741. The molecule has 2 aliphatic rings. The first-order valence-electron chi connectivity index (χ1n) is 6.14. The van der Waals surface area contributed by atoms with Gasteiger partial charge >= 0.3 is 0 Å². The predicted octanol–water partition coefficient (Wildman–Crippen LogP) is 2.84. The van der Waals surface area contributed by atoms with E-state index in [1.165, 1.54) is 25.7 Å². The van der Waals surface area contributed by atoms with Crippen molar-refractivity contribution in [3.63, 3.8) is 0 Å². The summed E-state index contributed by atoms with van der Waals surface area (Å²) in [4.78, 5) is 12.0. The number of amides is 1. The van der Waals surface area contributed by atoms with Gasteiger partial charge in [0.1, 0.15) is 0 Å². The molecule has 0 aromatic heterocycles. The first-order chi connectivity index (χ1) is 7.26. The minimum absolute atomic E-state index is 0.0682. The number of alkyl halides is 1. The van der Waals surface area contributed by atoms with Gasteiger partial charge in [-0.25, -0.2) is 0 Å². The lowest BCUT2D eigenvalue weighted by Gasteiger charge is -2.29. The highest BCUT2D eigenvalue weighted by Gasteiger charge is 2.36.